The van der Waals surface area contributed by atoms with Gasteiger partial charge in [0.1, 0.15) is 0 Å². The van der Waals surface area contributed by atoms with Gasteiger partial charge in [-0.05, 0) is 0 Å². The molecule has 0 aliphatic carbocycles. The van der Waals surface area contributed by atoms with Crippen LogP contribution in [0, 0.1) is 0 Å². The third kappa shape index (κ3) is 21.7. The predicted octanol–water partition coefficient (Wildman–Crippen LogP) is -1.04. The van der Waals surface area contributed by atoms with Gasteiger partial charge in [-0.1, -0.05) is 0 Å². The first kappa shape index (κ1) is 26.4. The fraction of sp³-hybridized carbons (Fsp3) is 0. The summed E-state index contributed by atoms with van der Waals surface area (Å²) in [4.78, 5) is 0. The zero-order valence-corrected chi connectivity index (χ0v) is 10.4. The van der Waals surface area contributed by atoms with E-state index in [-0.39, 0.29) is 58.3 Å². The zero-order chi connectivity index (χ0) is 2.00. The molecule has 30 valence electrons. The molecule has 0 aromatic rings. The summed E-state index contributed by atoms with van der Waals surface area (Å²) in [6.07, 6.45) is 0. The predicted molar refractivity (Wildman–Crippen MR) is 9.23 cm³/mol. The van der Waals surface area contributed by atoms with Crippen LogP contribution in [0.3, 0.4) is 0 Å². The Kier molecular flexibility index (Phi) is 173. The van der Waals surface area contributed by atoms with E-state index in [0.29, 0.717) is 0 Å². The minimum absolute atomic E-state index is 0. The Morgan fingerprint density at radius 1 is 1.20 bits per heavy atom. The van der Waals surface area contributed by atoms with Gasteiger partial charge in [0.2, 0.25) is 0 Å². The molecule has 5 heteroatoms. The molecule has 0 bridgehead atoms. The van der Waals surface area contributed by atoms with Crippen molar-refractivity contribution in [2.45, 2.75) is 0 Å². The Bertz CT molecular complexity index is 11.6. The van der Waals surface area contributed by atoms with E-state index >= 15 is 0 Å². The van der Waals surface area contributed by atoms with Crippen molar-refractivity contribution >= 4 is 23.9 Å². The maximum atomic E-state index is 8.25. The van der Waals surface area contributed by atoms with E-state index in [1.165, 1.54) is 0 Å². The Morgan fingerprint density at radius 2 is 1.20 bits per heavy atom. The van der Waals surface area contributed by atoms with E-state index in [1.54, 1.807) is 0 Å². The molecule has 0 aliphatic rings. The molecule has 0 aliphatic heterocycles. The second-order valence-corrected chi connectivity index (χ2v) is 0. The summed E-state index contributed by atoms with van der Waals surface area (Å²) in [6.45, 7) is 0. The summed E-state index contributed by atoms with van der Waals surface area (Å²) >= 11 is 0.750. The minimum atomic E-state index is 0. The van der Waals surface area contributed by atoms with Gasteiger partial charge in [0, 0.05) is 34.4 Å². The quantitative estimate of drug-likeness (QED) is 0.521. The van der Waals surface area contributed by atoms with Gasteiger partial charge in [0.05, 0.1) is 0 Å². The molecular formula is H2CrFeOSnTi. The Hall–Kier alpha value is 2.36. The standard InChI is InChI=1S/Cr.Fe.O.Sn.Ti.2H. The van der Waals surface area contributed by atoms with Crippen molar-refractivity contribution in [3.8, 4) is 0 Å². The van der Waals surface area contributed by atoms with Gasteiger partial charge in [0.25, 0.3) is 0 Å². The van der Waals surface area contributed by atoms with E-state index in [1.807, 2.05) is 0 Å². The third-order valence-corrected chi connectivity index (χ3v) is 0. The molecule has 0 saturated carbocycles. The van der Waals surface area contributed by atoms with Crippen molar-refractivity contribution in [2.75, 3.05) is 0 Å². The number of hydrogen-bond acceptors (Lipinski definition) is 1. The van der Waals surface area contributed by atoms with Gasteiger partial charge in [-0.15, -0.1) is 0 Å². The fourth-order valence-electron chi connectivity index (χ4n) is 0. The topological polar surface area (TPSA) is 17.1 Å². The molecule has 0 atom stereocenters. The average molecular weight is 292 g/mol. The van der Waals surface area contributed by atoms with Crippen LogP contribution in [0.5, 0.6) is 0 Å². The molecule has 0 spiro atoms. The first-order valence-electron chi connectivity index (χ1n) is 0.204. The maximum absolute atomic E-state index is 8.25. The summed E-state index contributed by atoms with van der Waals surface area (Å²) in [5, 5.41) is 0. The van der Waals surface area contributed by atoms with Crippen LogP contribution in [-0.2, 0) is 58.2 Å². The molecule has 0 fully saturated rings. The van der Waals surface area contributed by atoms with Crippen LogP contribution in [0.2, 0.25) is 0 Å². The first-order valence-corrected chi connectivity index (χ1v) is 0.842. The summed E-state index contributed by atoms with van der Waals surface area (Å²) < 4.78 is 8.25. The van der Waals surface area contributed by atoms with Crippen molar-refractivity contribution < 1.29 is 58.2 Å². The fourth-order valence-corrected chi connectivity index (χ4v) is 0. The van der Waals surface area contributed by atoms with Crippen LogP contribution < -0.4 is 0 Å². The average Bonchev–Trinajstić information content (AvgIpc) is 1.00. The van der Waals surface area contributed by atoms with E-state index in [0.717, 1.165) is 20.4 Å². The summed E-state index contributed by atoms with van der Waals surface area (Å²) in [5.74, 6) is 0. The molecule has 0 aromatic carbocycles. The van der Waals surface area contributed by atoms with Crippen LogP contribution in [0.25, 0.3) is 0 Å². The Labute approximate surface area is 80.9 Å². The molecular weight excluding hydrogens is 290 g/mol. The summed E-state index contributed by atoms with van der Waals surface area (Å²) in [5.41, 5.74) is 0. The van der Waals surface area contributed by atoms with Crippen LogP contribution in [-0.4, -0.2) is 23.9 Å². The SMILES string of the molecule is [Cr].[Fe].[O]=[Ti].[SnH2]. The van der Waals surface area contributed by atoms with E-state index in [4.69, 9.17) is 3.32 Å². The van der Waals surface area contributed by atoms with Crippen LogP contribution >= 0.6 is 0 Å². The van der Waals surface area contributed by atoms with Gasteiger partial charge >= 0.3 is 47.6 Å². The third-order valence-electron chi connectivity index (χ3n) is 0. The van der Waals surface area contributed by atoms with Crippen LogP contribution in [0.15, 0.2) is 0 Å². The first-order chi connectivity index (χ1) is 1.00. The normalized spacial score (nSPS) is 0.600. The van der Waals surface area contributed by atoms with E-state index < -0.39 is 0 Å². The summed E-state index contributed by atoms with van der Waals surface area (Å²) in [6, 6.07) is 0. The van der Waals surface area contributed by atoms with Crippen LogP contribution in [0.1, 0.15) is 0 Å². The molecule has 0 amide bonds. The molecule has 0 N–H and O–H groups in total. The van der Waals surface area contributed by atoms with E-state index in [2.05, 4.69) is 0 Å². The van der Waals surface area contributed by atoms with Gasteiger partial charge in [0.15, 0.2) is 0 Å². The number of rotatable bonds is 0. The van der Waals surface area contributed by atoms with Crippen molar-refractivity contribution in [1.29, 1.82) is 0 Å². The van der Waals surface area contributed by atoms with Crippen molar-refractivity contribution in [3.63, 3.8) is 0 Å². The van der Waals surface area contributed by atoms with Crippen molar-refractivity contribution in [1.82, 2.24) is 0 Å². The molecule has 5 heavy (non-hydrogen) atoms. The molecule has 0 heterocycles. The van der Waals surface area contributed by atoms with Crippen molar-refractivity contribution in [3.05, 3.63) is 0 Å². The molecule has 0 rings (SSSR count). The van der Waals surface area contributed by atoms with Crippen molar-refractivity contribution in [2.24, 2.45) is 0 Å². The molecule has 0 unspecified atom stereocenters. The molecule has 0 aromatic heterocycles. The van der Waals surface area contributed by atoms with Crippen LogP contribution in [0.4, 0.5) is 0 Å². The molecule has 2 radical (unpaired) electrons. The Morgan fingerprint density at radius 3 is 1.20 bits per heavy atom. The van der Waals surface area contributed by atoms with Gasteiger partial charge in [-0.3, -0.25) is 0 Å². The van der Waals surface area contributed by atoms with Gasteiger partial charge in [-0.2, -0.15) is 0 Å². The number of hydrogen-bond donors (Lipinski definition) is 0. The van der Waals surface area contributed by atoms with Gasteiger partial charge < -0.3 is 0 Å². The Balaban J connectivity index is -0.00000000167. The monoisotopic (exact) mass is 294 g/mol. The van der Waals surface area contributed by atoms with E-state index in [9.17, 15) is 0 Å². The summed E-state index contributed by atoms with van der Waals surface area (Å²) in [7, 11) is 0. The molecule has 0 saturated heterocycles. The van der Waals surface area contributed by atoms with Gasteiger partial charge in [-0.25, -0.2) is 0 Å². The molecule has 1 nitrogen and oxygen atoms in total. The second-order valence-electron chi connectivity index (χ2n) is 0. The zero-order valence-electron chi connectivity index (χ0n) is 2.38. The second kappa shape index (κ2) is 32.8.